The minimum Gasteiger partial charge on any atom is -0.377 e. The molecule has 0 fully saturated rings. The Labute approximate surface area is 119 Å². The molecule has 1 amide bonds. The second-order valence-electron chi connectivity index (χ2n) is 3.98. The van der Waals surface area contributed by atoms with E-state index >= 15 is 0 Å². The molecule has 0 aliphatic carbocycles. The van der Waals surface area contributed by atoms with E-state index in [9.17, 15) is 9.59 Å². The molecular weight excluding hydrogens is 280 g/mol. The Kier molecular flexibility index (Phi) is 4.97. The third-order valence-electron chi connectivity index (χ3n) is 2.55. The molecule has 0 aliphatic rings. The number of carbonyl (C=O) groups excluding carboxylic acids is 2. The number of amides is 1. The summed E-state index contributed by atoms with van der Waals surface area (Å²) in [6.07, 6.45) is 2.78. The molecule has 8 heteroatoms. The summed E-state index contributed by atoms with van der Waals surface area (Å²) in [5.74, 6) is -0.171. The Balaban J connectivity index is 1.84. The number of rotatable bonds is 7. The van der Waals surface area contributed by atoms with Gasteiger partial charge in [0.2, 0.25) is 11.0 Å². The zero-order chi connectivity index (χ0) is 14.4. The smallest absolute Gasteiger partial charge is 0.227 e. The van der Waals surface area contributed by atoms with Crippen LogP contribution in [0.2, 0.25) is 0 Å². The molecule has 0 radical (unpaired) electrons. The van der Waals surface area contributed by atoms with Gasteiger partial charge in [0, 0.05) is 26.3 Å². The van der Waals surface area contributed by atoms with Crippen LogP contribution in [0.15, 0.2) is 18.3 Å². The van der Waals surface area contributed by atoms with Crippen LogP contribution in [0.5, 0.6) is 0 Å². The minimum atomic E-state index is -0.171. The van der Waals surface area contributed by atoms with Gasteiger partial charge in [0.1, 0.15) is 11.6 Å². The Morgan fingerprint density at radius 1 is 1.55 bits per heavy atom. The number of nitrogens with zero attached hydrogens (tertiary/aromatic N) is 3. The highest BCUT2D eigenvalue weighted by Crippen LogP contribution is 2.16. The lowest BCUT2D eigenvalue weighted by Crippen LogP contribution is -2.14. The zero-order valence-electron chi connectivity index (χ0n) is 10.9. The first-order valence-corrected chi connectivity index (χ1v) is 6.76. The second kappa shape index (κ2) is 6.92. The molecule has 2 aromatic heterocycles. The van der Waals surface area contributed by atoms with Crippen molar-refractivity contribution in [1.82, 2.24) is 14.8 Å². The fraction of sp³-hybridized carbons (Fsp3) is 0.333. The molecule has 0 unspecified atom stereocenters. The molecule has 0 saturated heterocycles. The number of hydrogen-bond acceptors (Lipinski definition) is 6. The van der Waals surface area contributed by atoms with E-state index in [1.54, 1.807) is 30.0 Å². The Morgan fingerprint density at radius 3 is 3.15 bits per heavy atom. The van der Waals surface area contributed by atoms with Gasteiger partial charge in [-0.25, -0.2) is 0 Å². The largest absolute Gasteiger partial charge is 0.377 e. The Morgan fingerprint density at radius 2 is 2.40 bits per heavy atom. The predicted octanol–water partition coefficient (Wildman–Crippen LogP) is 1.33. The molecule has 0 bridgehead atoms. The molecule has 0 saturated carbocycles. The SMILES string of the molecule is COCc1nnc(NC(=O)CCn2cccc2C=O)s1. The first-order chi connectivity index (χ1) is 9.72. The fourth-order valence-electron chi connectivity index (χ4n) is 1.63. The average Bonchev–Trinajstić information content (AvgIpc) is 3.05. The molecule has 0 aromatic carbocycles. The Hall–Kier alpha value is -2.06. The standard InChI is InChI=1S/C12H14N4O3S/c1-19-8-11-14-15-12(20-11)13-10(18)4-6-16-5-2-3-9(16)7-17/h2-3,5,7H,4,6,8H2,1H3,(H,13,15,18). The monoisotopic (exact) mass is 294 g/mol. The quantitative estimate of drug-likeness (QED) is 0.778. The maximum atomic E-state index is 11.8. The number of aromatic nitrogens is 3. The lowest BCUT2D eigenvalue weighted by Gasteiger charge is -2.04. The number of aldehydes is 1. The lowest BCUT2D eigenvalue weighted by molar-refractivity contribution is -0.116. The highest BCUT2D eigenvalue weighted by atomic mass is 32.1. The fourth-order valence-corrected chi connectivity index (χ4v) is 2.36. The molecule has 2 rings (SSSR count). The summed E-state index contributed by atoms with van der Waals surface area (Å²) >= 11 is 1.27. The predicted molar refractivity (Wildman–Crippen MR) is 73.7 cm³/mol. The van der Waals surface area contributed by atoms with E-state index in [2.05, 4.69) is 15.5 Å². The molecule has 0 atom stereocenters. The van der Waals surface area contributed by atoms with Crippen LogP contribution in [0.4, 0.5) is 5.13 Å². The molecule has 7 nitrogen and oxygen atoms in total. The topological polar surface area (TPSA) is 86.1 Å². The van der Waals surface area contributed by atoms with Crippen LogP contribution >= 0.6 is 11.3 Å². The maximum absolute atomic E-state index is 11.8. The number of aryl methyl sites for hydroxylation is 1. The van der Waals surface area contributed by atoms with Crippen molar-refractivity contribution in [3.63, 3.8) is 0 Å². The van der Waals surface area contributed by atoms with Gasteiger partial charge in [0.15, 0.2) is 6.29 Å². The van der Waals surface area contributed by atoms with Crippen molar-refractivity contribution >= 4 is 28.7 Å². The van der Waals surface area contributed by atoms with Crippen LogP contribution < -0.4 is 5.32 Å². The number of nitrogens with one attached hydrogen (secondary N) is 1. The molecule has 0 spiro atoms. The minimum absolute atomic E-state index is 0.171. The first kappa shape index (κ1) is 14.4. The van der Waals surface area contributed by atoms with E-state index in [4.69, 9.17) is 4.74 Å². The highest BCUT2D eigenvalue weighted by molar-refractivity contribution is 7.15. The van der Waals surface area contributed by atoms with Crippen molar-refractivity contribution in [1.29, 1.82) is 0 Å². The number of hydrogen-bond donors (Lipinski definition) is 1. The number of methoxy groups -OCH3 is 1. The molecule has 106 valence electrons. The summed E-state index contributed by atoms with van der Waals surface area (Å²) in [5, 5.41) is 11.5. The average molecular weight is 294 g/mol. The van der Waals surface area contributed by atoms with E-state index in [0.717, 1.165) is 6.29 Å². The van der Waals surface area contributed by atoms with Gasteiger partial charge in [0.05, 0.1) is 5.69 Å². The third-order valence-corrected chi connectivity index (χ3v) is 3.36. The summed E-state index contributed by atoms with van der Waals surface area (Å²) in [6, 6.07) is 3.47. The molecule has 0 aliphatic heterocycles. The maximum Gasteiger partial charge on any atom is 0.227 e. The zero-order valence-corrected chi connectivity index (χ0v) is 11.7. The van der Waals surface area contributed by atoms with Crippen molar-refractivity contribution in [2.24, 2.45) is 0 Å². The lowest BCUT2D eigenvalue weighted by atomic mass is 10.4. The summed E-state index contributed by atoms with van der Waals surface area (Å²) in [6.45, 7) is 0.816. The second-order valence-corrected chi connectivity index (χ2v) is 5.04. The van der Waals surface area contributed by atoms with Crippen LogP contribution in [0.25, 0.3) is 0 Å². The van der Waals surface area contributed by atoms with Gasteiger partial charge in [-0.1, -0.05) is 11.3 Å². The number of anilines is 1. The summed E-state index contributed by atoms with van der Waals surface area (Å²) in [7, 11) is 1.57. The van der Waals surface area contributed by atoms with Crippen LogP contribution in [0.3, 0.4) is 0 Å². The van der Waals surface area contributed by atoms with E-state index < -0.39 is 0 Å². The van der Waals surface area contributed by atoms with Crippen molar-refractivity contribution in [3.05, 3.63) is 29.0 Å². The summed E-state index contributed by atoms with van der Waals surface area (Å²) in [4.78, 5) is 22.5. The van der Waals surface area contributed by atoms with Crippen LogP contribution in [0, 0.1) is 0 Å². The molecule has 1 N–H and O–H groups in total. The van der Waals surface area contributed by atoms with Gasteiger partial charge in [-0.2, -0.15) is 0 Å². The van der Waals surface area contributed by atoms with Crippen LogP contribution in [-0.4, -0.2) is 34.1 Å². The van der Waals surface area contributed by atoms with Gasteiger partial charge in [-0.3, -0.25) is 9.59 Å². The number of carbonyl (C=O) groups is 2. The van der Waals surface area contributed by atoms with E-state index in [1.165, 1.54) is 11.3 Å². The van der Waals surface area contributed by atoms with Gasteiger partial charge in [-0.15, -0.1) is 10.2 Å². The summed E-state index contributed by atoms with van der Waals surface area (Å²) in [5.41, 5.74) is 0.552. The Bertz CT molecular complexity index is 593. The van der Waals surface area contributed by atoms with Crippen molar-refractivity contribution < 1.29 is 14.3 Å². The molecule has 2 heterocycles. The van der Waals surface area contributed by atoms with Gasteiger partial charge < -0.3 is 14.6 Å². The molecular formula is C12H14N4O3S. The van der Waals surface area contributed by atoms with Crippen molar-refractivity contribution in [2.45, 2.75) is 19.6 Å². The number of ether oxygens (including phenoxy) is 1. The van der Waals surface area contributed by atoms with E-state index in [1.807, 2.05) is 0 Å². The van der Waals surface area contributed by atoms with Gasteiger partial charge in [0.25, 0.3) is 0 Å². The van der Waals surface area contributed by atoms with Crippen LogP contribution in [0.1, 0.15) is 21.9 Å². The van der Waals surface area contributed by atoms with E-state index in [-0.39, 0.29) is 12.3 Å². The summed E-state index contributed by atoms with van der Waals surface area (Å²) < 4.78 is 6.65. The highest BCUT2D eigenvalue weighted by Gasteiger charge is 2.09. The molecule has 2 aromatic rings. The molecule has 20 heavy (non-hydrogen) atoms. The van der Waals surface area contributed by atoms with Gasteiger partial charge in [-0.05, 0) is 12.1 Å². The first-order valence-electron chi connectivity index (χ1n) is 5.94. The van der Waals surface area contributed by atoms with Gasteiger partial charge >= 0.3 is 0 Å². The normalized spacial score (nSPS) is 10.4. The van der Waals surface area contributed by atoms with E-state index in [0.29, 0.717) is 29.0 Å². The van der Waals surface area contributed by atoms with Crippen molar-refractivity contribution in [2.75, 3.05) is 12.4 Å². The van der Waals surface area contributed by atoms with Crippen molar-refractivity contribution in [3.8, 4) is 0 Å². The third kappa shape index (κ3) is 3.72. The van der Waals surface area contributed by atoms with Crippen LogP contribution in [-0.2, 0) is 22.7 Å².